The molecule has 0 aromatic rings. The smallest absolute Gasteiger partial charge is 0.308 e. The summed E-state index contributed by atoms with van der Waals surface area (Å²) in [6, 6.07) is 0. The number of aldehydes is 1. The van der Waals surface area contributed by atoms with Crippen molar-refractivity contribution in [3.8, 4) is 0 Å². The highest BCUT2D eigenvalue weighted by molar-refractivity contribution is 5.70. The van der Waals surface area contributed by atoms with E-state index in [1.54, 1.807) is 11.1 Å². The monoisotopic (exact) mass is 1240 g/mol. The maximum Gasteiger partial charge on any atom is 0.308 e. The van der Waals surface area contributed by atoms with Crippen LogP contribution in [-0.2, 0) is 38.1 Å². The highest BCUT2D eigenvalue weighted by Gasteiger charge is 2.61. The first-order valence-corrected chi connectivity index (χ1v) is 37.0. The van der Waals surface area contributed by atoms with Gasteiger partial charge in [0, 0.05) is 26.6 Å². The molecule has 1 aliphatic heterocycles. The Kier molecular flexibility index (Phi) is 29.0. The molecule has 1 heterocycles. The van der Waals surface area contributed by atoms with Crippen molar-refractivity contribution in [1.29, 1.82) is 0 Å². The van der Waals surface area contributed by atoms with Crippen LogP contribution in [0.3, 0.4) is 0 Å². The zero-order chi connectivity index (χ0) is 65.4. The molecule has 17 atom stereocenters. The number of esters is 2. The largest absolute Gasteiger partial charge is 0.460 e. The lowest BCUT2D eigenvalue weighted by Gasteiger charge is -2.58. The second-order valence-corrected chi connectivity index (χ2v) is 34.0. The van der Waals surface area contributed by atoms with Gasteiger partial charge in [-0.05, 0) is 256 Å². The summed E-state index contributed by atoms with van der Waals surface area (Å²) in [4.78, 5) is 32.6. The van der Waals surface area contributed by atoms with Crippen molar-refractivity contribution in [1.82, 2.24) is 0 Å². The van der Waals surface area contributed by atoms with Crippen LogP contribution in [0, 0.1) is 92.7 Å². The van der Waals surface area contributed by atoms with Crippen LogP contribution in [0.2, 0.25) is 0 Å². The Morgan fingerprint density at radius 3 is 1.43 bits per heavy atom. The summed E-state index contributed by atoms with van der Waals surface area (Å²) in [5, 5.41) is 10.2. The van der Waals surface area contributed by atoms with Gasteiger partial charge in [-0.15, -0.1) is 0 Å². The average Bonchev–Trinajstić information content (AvgIpc) is 1.73. The Balaban J connectivity index is 0.000000239. The van der Waals surface area contributed by atoms with Crippen molar-refractivity contribution in [2.75, 3.05) is 26.4 Å². The first kappa shape index (κ1) is 75.4. The van der Waals surface area contributed by atoms with Gasteiger partial charge in [0.2, 0.25) is 0 Å². The number of aliphatic hydroxyl groups is 1. The summed E-state index contributed by atoms with van der Waals surface area (Å²) < 4.78 is 27.6. The van der Waals surface area contributed by atoms with Crippen molar-refractivity contribution in [2.45, 2.75) is 321 Å². The molecule has 1 N–H and O–H groups in total. The first-order chi connectivity index (χ1) is 41.9. The number of ether oxygens (including phenoxy) is 5. The fourth-order valence-corrected chi connectivity index (χ4v) is 20.1. The maximum absolute atomic E-state index is 11.9. The summed E-state index contributed by atoms with van der Waals surface area (Å²) in [6.07, 6.45) is 47.4. The van der Waals surface area contributed by atoms with E-state index in [1.807, 2.05) is 65.8 Å². The van der Waals surface area contributed by atoms with Gasteiger partial charge in [-0.1, -0.05) is 155 Å². The van der Waals surface area contributed by atoms with Gasteiger partial charge in [-0.2, -0.15) is 0 Å². The van der Waals surface area contributed by atoms with E-state index in [-0.39, 0.29) is 30.1 Å². The molecule has 8 aliphatic carbocycles. The van der Waals surface area contributed by atoms with E-state index in [0.29, 0.717) is 53.8 Å². The van der Waals surface area contributed by atoms with Crippen LogP contribution in [0.5, 0.6) is 0 Å². The van der Waals surface area contributed by atoms with Gasteiger partial charge in [-0.3, -0.25) is 9.59 Å². The molecule has 9 nitrogen and oxygen atoms in total. The summed E-state index contributed by atoms with van der Waals surface area (Å²) in [6.45, 7) is 40.9. The molecule has 0 amide bonds. The van der Waals surface area contributed by atoms with Gasteiger partial charge >= 0.3 is 11.9 Å². The lowest BCUT2D eigenvalue weighted by Crippen LogP contribution is -2.51. The molecule has 9 rings (SSSR count). The fraction of sp³-hybridized carbons (Fsp3) is 0.863. The van der Waals surface area contributed by atoms with E-state index < -0.39 is 11.7 Å². The standard InChI is InChI=1S/C38H64O4.C32H52O2.C6H12O2.C4H8O/c1-26(2)12-11-13-27(3)32-17-18-33-31-16-15-28-24-30(19-21-37(28,7)34(31)20-22-38(32,33)8)41-23-10-9-14-29(39)25-35(40)42-36(4,5)6;1-23(2)10-9-11-24(3)28-14-15-29-27-13-12-25-22-26(34-21-8-6-7-20-33)16-18-31(25,4)30(27)17-19-32(28,29)5;1-5(7)8-6(2,3)4;1-2-4-5-3-1/h9-10,15,26-27,29-34,39H,11-14,16-25H2,1-8H3;6,8,12,20,23-24,26-30H,7,9-11,13-19,21-22H2,1-5H3;1-4H3;1-4H2/b10-9+;8-6+;;/t27-,29?,30+,31?,32-,33?,34?,37+,38-;24-,26+,27?,28-,29?,30?,31+,32-;;/m11../s1. The highest BCUT2D eigenvalue weighted by Crippen LogP contribution is 2.69. The Morgan fingerprint density at radius 1 is 0.596 bits per heavy atom. The van der Waals surface area contributed by atoms with Crippen LogP contribution in [0.1, 0.15) is 291 Å². The van der Waals surface area contributed by atoms with Crippen LogP contribution in [-0.4, -0.2) is 79.3 Å². The third kappa shape index (κ3) is 21.2. The minimum Gasteiger partial charge on any atom is -0.460 e. The molecule has 510 valence electrons. The Hall–Kier alpha value is -2.59. The molecule has 1 saturated heterocycles. The number of aliphatic hydroxyl groups excluding tert-OH is 1. The molecule has 7 unspecified atom stereocenters. The van der Waals surface area contributed by atoms with E-state index in [1.165, 1.54) is 142 Å². The Morgan fingerprint density at radius 2 is 1.04 bits per heavy atom. The van der Waals surface area contributed by atoms with Gasteiger partial charge in [0.05, 0.1) is 37.9 Å². The third-order valence-corrected chi connectivity index (χ3v) is 24.4. The van der Waals surface area contributed by atoms with E-state index in [4.69, 9.17) is 23.7 Å². The molecule has 0 radical (unpaired) electrons. The van der Waals surface area contributed by atoms with Gasteiger partial charge in [0.15, 0.2) is 0 Å². The van der Waals surface area contributed by atoms with Gasteiger partial charge in [0.25, 0.3) is 0 Å². The van der Waals surface area contributed by atoms with Gasteiger partial charge in [-0.25, -0.2) is 0 Å². The second kappa shape index (κ2) is 34.2. The topological polar surface area (TPSA) is 118 Å². The summed E-state index contributed by atoms with van der Waals surface area (Å²) >= 11 is 0. The molecule has 9 aliphatic rings. The predicted molar refractivity (Wildman–Crippen MR) is 367 cm³/mol. The van der Waals surface area contributed by atoms with Crippen molar-refractivity contribution in [3.63, 3.8) is 0 Å². The number of rotatable bonds is 22. The lowest BCUT2D eigenvalue weighted by molar-refractivity contribution is -0.157. The van der Waals surface area contributed by atoms with E-state index in [9.17, 15) is 19.5 Å². The average molecular weight is 1240 g/mol. The van der Waals surface area contributed by atoms with Gasteiger partial charge < -0.3 is 33.6 Å². The number of hydrogen-bond acceptors (Lipinski definition) is 9. The molecule has 0 aromatic carbocycles. The molecule has 6 saturated carbocycles. The normalized spacial score (nSPS) is 34.9. The quantitative estimate of drug-likeness (QED) is 0.0642. The van der Waals surface area contributed by atoms with Gasteiger partial charge in [0.1, 0.15) is 17.5 Å². The van der Waals surface area contributed by atoms with Crippen LogP contribution in [0.15, 0.2) is 47.6 Å². The van der Waals surface area contributed by atoms with E-state index in [2.05, 4.69) is 81.4 Å². The Bertz CT molecular complexity index is 2290. The molecular weight excluding hydrogens is 1100 g/mol. The third-order valence-electron chi connectivity index (χ3n) is 24.4. The fourth-order valence-electron chi connectivity index (χ4n) is 20.1. The minimum atomic E-state index is -0.715. The SMILES string of the molecule is C1CCOC1.CC(=O)OC(C)(C)C.CC(C)CCC[C@@H](C)[C@H]1CCC2C3CC=C4C[C@@H](OC/C=C/CC(O)CC(=O)OC(C)(C)C)CC[C@]4(C)C3CC[C@@]21C.CC(C)CCC[C@@H](C)[C@H]1CCC2C3CC=C4C[C@@H](OC/C=C/CC=O)CC[C@]4(C)C3CC[C@@]21C. The molecule has 0 aromatic heterocycles. The zero-order valence-electron chi connectivity index (χ0n) is 60.3. The zero-order valence-corrected chi connectivity index (χ0v) is 60.3. The number of hydrogen-bond donors (Lipinski definition) is 1. The molecule has 7 fully saturated rings. The molecular formula is C80H136O9. The molecule has 9 heteroatoms. The van der Waals surface area contributed by atoms with Crippen LogP contribution in [0.4, 0.5) is 0 Å². The minimum absolute atomic E-state index is 0.0258. The van der Waals surface area contributed by atoms with E-state index in [0.717, 1.165) is 110 Å². The van der Waals surface area contributed by atoms with Crippen LogP contribution < -0.4 is 0 Å². The predicted octanol–water partition coefficient (Wildman–Crippen LogP) is 20.2. The lowest BCUT2D eigenvalue weighted by atomic mass is 9.47. The number of allylic oxidation sites excluding steroid dienone is 3. The van der Waals surface area contributed by atoms with Crippen molar-refractivity contribution in [3.05, 3.63) is 47.6 Å². The Labute approximate surface area is 546 Å². The molecule has 0 spiro atoms. The molecule has 89 heavy (non-hydrogen) atoms. The number of carbonyl (C=O) groups excluding carboxylic acids is 3. The highest BCUT2D eigenvalue weighted by atomic mass is 16.6. The second-order valence-electron chi connectivity index (χ2n) is 34.0. The van der Waals surface area contributed by atoms with Crippen molar-refractivity contribution in [2.24, 2.45) is 92.7 Å². The number of fused-ring (bicyclic) bond motifs is 10. The van der Waals surface area contributed by atoms with E-state index >= 15 is 0 Å². The first-order valence-electron chi connectivity index (χ1n) is 37.0. The summed E-state index contributed by atoms with van der Waals surface area (Å²) in [7, 11) is 0. The number of carbonyl (C=O) groups is 3. The maximum atomic E-state index is 11.9. The van der Waals surface area contributed by atoms with Crippen molar-refractivity contribution < 1.29 is 43.2 Å². The summed E-state index contributed by atoms with van der Waals surface area (Å²) in [5.74, 6) is 10.1. The molecule has 0 bridgehead atoms. The van der Waals surface area contributed by atoms with Crippen LogP contribution in [0.25, 0.3) is 0 Å². The van der Waals surface area contributed by atoms with Crippen LogP contribution >= 0.6 is 0 Å². The van der Waals surface area contributed by atoms with Crippen molar-refractivity contribution >= 4 is 18.2 Å². The summed E-state index contributed by atoms with van der Waals surface area (Å²) in [5.41, 5.74) is 4.42.